The van der Waals surface area contributed by atoms with Crippen molar-refractivity contribution in [2.24, 2.45) is 7.05 Å². The molecule has 1 unspecified atom stereocenters. The van der Waals surface area contributed by atoms with Gasteiger partial charge in [-0.25, -0.2) is 4.79 Å². The monoisotopic (exact) mass is 364 g/mol. The molecule has 2 amide bonds. The van der Waals surface area contributed by atoms with E-state index < -0.39 is 0 Å². The van der Waals surface area contributed by atoms with Crippen molar-refractivity contribution in [2.75, 3.05) is 13.1 Å². The number of likely N-dealkylation sites (tertiary alicyclic amines) is 1. The Labute approximate surface area is 160 Å². The Bertz CT molecular complexity index is 939. The molecule has 3 heterocycles. The number of aryl methyl sites for hydroxylation is 2. The molecule has 0 saturated carbocycles. The molecule has 5 nitrogen and oxygen atoms in total. The highest BCUT2D eigenvalue weighted by molar-refractivity contribution is 5.84. The molecular formula is C22H28N4O. The third kappa shape index (κ3) is 3.46. The quantitative estimate of drug-likeness (QED) is 0.713. The maximum atomic E-state index is 12.9. The molecule has 4 rings (SSSR count). The van der Waals surface area contributed by atoms with Crippen LogP contribution in [0.4, 0.5) is 4.79 Å². The first-order valence-electron chi connectivity index (χ1n) is 9.87. The number of aromatic amines is 1. The van der Waals surface area contributed by atoms with Gasteiger partial charge >= 0.3 is 6.03 Å². The van der Waals surface area contributed by atoms with Crippen LogP contribution >= 0.6 is 0 Å². The number of fused-ring (bicyclic) bond motifs is 1. The van der Waals surface area contributed by atoms with E-state index in [1.807, 2.05) is 11.0 Å². The van der Waals surface area contributed by atoms with E-state index >= 15 is 0 Å². The van der Waals surface area contributed by atoms with Crippen molar-refractivity contribution in [3.05, 3.63) is 59.5 Å². The van der Waals surface area contributed by atoms with Crippen LogP contribution in [0.3, 0.4) is 0 Å². The van der Waals surface area contributed by atoms with E-state index in [9.17, 15) is 4.79 Å². The molecule has 2 N–H and O–H groups in total. The Morgan fingerprint density at radius 3 is 2.89 bits per heavy atom. The van der Waals surface area contributed by atoms with Gasteiger partial charge in [-0.1, -0.05) is 18.2 Å². The lowest BCUT2D eigenvalue weighted by Crippen LogP contribution is -2.45. The van der Waals surface area contributed by atoms with Gasteiger partial charge in [0.25, 0.3) is 0 Å². The molecule has 5 heteroatoms. The van der Waals surface area contributed by atoms with Crippen molar-refractivity contribution < 1.29 is 4.79 Å². The van der Waals surface area contributed by atoms with Crippen LogP contribution in [0.2, 0.25) is 0 Å². The van der Waals surface area contributed by atoms with Gasteiger partial charge in [0.05, 0.1) is 6.04 Å². The Morgan fingerprint density at radius 2 is 2.07 bits per heavy atom. The van der Waals surface area contributed by atoms with Gasteiger partial charge in [0.15, 0.2) is 0 Å². The zero-order valence-electron chi connectivity index (χ0n) is 16.2. The van der Waals surface area contributed by atoms with E-state index in [1.165, 1.54) is 28.8 Å². The Morgan fingerprint density at radius 1 is 1.22 bits per heavy atom. The second-order valence-electron chi connectivity index (χ2n) is 7.50. The molecule has 1 aliphatic rings. The molecule has 0 aliphatic carbocycles. The molecular weight excluding hydrogens is 336 g/mol. The van der Waals surface area contributed by atoms with Gasteiger partial charge in [-0.3, -0.25) is 0 Å². The molecule has 2 aromatic heterocycles. The summed E-state index contributed by atoms with van der Waals surface area (Å²) in [5, 5.41) is 4.41. The summed E-state index contributed by atoms with van der Waals surface area (Å²) in [5.74, 6) is 0. The van der Waals surface area contributed by atoms with Crippen molar-refractivity contribution >= 4 is 16.9 Å². The summed E-state index contributed by atoms with van der Waals surface area (Å²) in [5.41, 5.74) is 4.86. The number of rotatable bonds is 4. The number of para-hydroxylation sites is 1. The minimum absolute atomic E-state index is 0.0541. The topological polar surface area (TPSA) is 53.1 Å². The molecule has 0 bridgehead atoms. The second kappa shape index (κ2) is 7.51. The molecule has 1 aromatic carbocycles. The van der Waals surface area contributed by atoms with Crippen molar-refractivity contribution in [1.82, 2.24) is 19.8 Å². The van der Waals surface area contributed by atoms with E-state index in [0.29, 0.717) is 6.54 Å². The number of piperidine rings is 1. The average Bonchev–Trinajstić information content (AvgIpc) is 3.24. The lowest BCUT2D eigenvalue weighted by molar-refractivity contribution is 0.148. The lowest BCUT2D eigenvalue weighted by atomic mass is 9.99. The van der Waals surface area contributed by atoms with Crippen LogP contribution in [0.1, 0.15) is 42.3 Å². The zero-order valence-corrected chi connectivity index (χ0v) is 16.2. The fourth-order valence-electron chi connectivity index (χ4n) is 4.36. The van der Waals surface area contributed by atoms with Gasteiger partial charge in [-0.05, 0) is 56.4 Å². The van der Waals surface area contributed by atoms with Gasteiger partial charge in [-0.2, -0.15) is 0 Å². The van der Waals surface area contributed by atoms with Crippen molar-refractivity contribution in [1.29, 1.82) is 0 Å². The van der Waals surface area contributed by atoms with Gasteiger partial charge < -0.3 is 19.8 Å². The number of urea groups is 1. The molecule has 27 heavy (non-hydrogen) atoms. The van der Waals surface area contributed by atoms with Gasteiger partial charge in [0.1, 0.15) is 0 Å². The van der Waals surface area contributed by atoms with Crippen LogP contribution in [-0.4, -0.2) is 33.6 Å². The third-order valence-corrected chi connectivity index (χ3v) is 5.77. The van der Waals surface area contributed by atoms with Crippen LogP contribution in [0.25, 0.3) is 10.9 Å². The van der Waals surface area contributed by atoms with Crippen molar-refractivity contribution in [3.63, 3.8) is 0 Å². The maximum absolute atomic E-state index is 12.9. The predicted molar refractivity (Wildman–Crippen MR) is 109 cm³/mol. The number of hydrogen-bond donors (Lipinski definition) is 2. The Hall–Kier alpha value is -2.69. The predicted octanol–water partition coefficient (Wildman–Crippen LogP) is 4.29. The average molecular weight is 364 g/mol. The normalized spacial score (nSPS) is 17.4. The SMILES string of the molecule is Cc1[nH]c2ccccc2c1CCNC(=O)N1CCCCC1c1cccn1C. The third-order valence-electron chi connectivity index (χ3n) is 5.77. The first-order valence-corrected chi connectivity index (χ1v) is 9.87. The number of carbonyl (C=O) groups is 1. The first kappa shape index (κ1) is 17.7. The fourth-order valence-corrected chi connectivity index (χ4v) is 4.36. The molecule has 1 fully saturated rings. The highest BCUT2D eigenvalue weighted by Gasteiger charge is 2.29. The van der Waals surface area contributed by atoms with Gasteiger partial charge in [0, 0.05) is 48.6 Å². The molecule has 142 valence electrons. The number of hydrogen-bond acceptors (Lipinski definition) is 1. The molecule has 1 saturated heterocycles. The van der Waals surface area contributed by atoms with E-state index in [0.717, 1.165) is 31.3 Å². The van der Waals surface area contributed by atoms with E-state index in [-0.39, 0.29) is 12.1 Å². The molecule has 0 spiro atoms. The summed E-state index contributed by atoms with van der Waals surface area (Å²) in [7, 11) is 2.06. The van der Waals surface area contributed by atoms with E-state index in [2.05, 4.69) is 65.4 Å². The van der Waals surface area contributed by atoms with Gasteiger partial charge in [0.2, 0.25) is 0 Å². The number of aromatic nitrogens is 2. The van der Waals surface area contributed by atoms with Crippen LogP contribution in [0.15, 0.2) is 42.6 Å². The van der Waals surface area contributed by atoms with Gasteiger partial charge in [-0.15, -0.1) is 0 Å². The summed E-state index contributed by atoms with van der Waals surface area (Å²) < 4.78 is 2.13. The number of carbonyl (C=O) groups excluding carboxylic acids is 1. The smallest absolute Gasteiger partial charge is 0.317 e. The number of benzene rings is 1. The highest BCUT2D eigenvalue weighted by Crippen LogP contribution is 2.31. The molecule has 1 atom stereocenters. The summed E-state index contributed by atoms with van der Waals surface area (Å²) >= 11 is 0. The number of amides is 2. The number of nitrogens with zero attached hydrogens (tertiary/aromatic N) is 2. The first-order chi connectivity index (χ1) is 13.1. The van der Waals surface area contributed by atoms with Crippen molar-refractivity contribution in [3.8, 4) is 0 Å². The van der Waals surface area contributed by atoms with E-state index in [1.54, 1.807) is 0 Å². The molecule has 0 radical (unpaired) electrons. The minimum Gasteiger partial charge on any atom is -0.358 e. The fraction of sp³-hybridized carbons (Fsp3) is 0.409. The van der Waals surface area contributed by atoms with E-state index in [4.69, 9.17) is 0 Å². The van der Waals surface area contributed by atoms with Crippen molar-refractivity contribution in [2.45, 2.75) is 38.6 Å². The largest absolute Gasteiger partial charge is 0.358 e. The second-order valence-corrected chi connectivity index (χ2v) is 7.50. The minimum atomic E-state index is 0.0541. The summed E-state index contributed by atoms with van der Waals surface area (Å²) in [6.07, 6.45) is 6.18. The molecule has 1 aliphatic heterocycles. The molecule has 3 aromatic rings. The maximum Gasteiger partial charge on any atom is 0.317 e. The Balaban J connectivity index is 1.42. The summed E-state index contributed by atoms with van der Waals surface area (Å²) in [4.78, 5) is 18.3. The van der Waals surface area contributed by atoms with Crippen LogP contribution in [0.5, 0.6) is 0 Å². The van der Waals surface area contributed by atoms with Crippen LogP contribution < -0.4 is 5.32 Å². The van der Waals surface area contributed by atoms with Crippen LogP contribution in [0, 0.1) is 6.92 Å². The lowest BCUT2D eigenvalue weighted by Gasteiger charge is -2.36. The number of H-pyrrole nitrogens is 1. The number of nitrogens with one attached hydrogen (secondary N) is 2. The zero-order chi connectivity index (χ0) is 18.8. The Kier molecular flexibility index (Phi) is 4.92. The van der Waals surface area contributed by atoms with Crippen LogP contribution in [-0.2, 0) is 13.5 Å². The summed E-state index contributed by atoms with van der Waals surface area (Å²) in [6, 6.07) is 12.8. The summed E-state index contributed by atoms with van der Waals surface area (Å²) in [6.45, 7) is 3.58. The standard InChI is InChI=1S/C22H28N4O/c1-16-17(18-8-3-4-9-19(18)24-16)12-13-23-22(27)26-15-6-5-10-21(26)20-11-7-14-25(20)2/h3-4,7-9,11,14,21,24H,5-6,10,12-13,15H2,1-2H3,(H,23,27). The highest BCUT2D eigenvalue weighted by atomic mass is 16.2.